The van der Waals surface area contributed by atoms with Crippen molar-refractivity contribution in [1.29, 1.82) is 0 Å². The first-order chi connectivity index (χ1) is 5.25. The Morgan fingerprint density at radius 1 is 1.45 bits per heavy atom. The molecule has 0 amide bonds. The topological polar surface area (TPSA) is 26.3 Å². The van der Waals surface area contributed by atoms with E-state index < -0.39 is 0 Å². The minimum absolute atomic E-state index is 0.0849. The molecule has 0 aliphatic rings. The molecule has 1 aromatic rings. The quantitative estimate of drug-likeness (QED) is 0.729. The van der Waals surface area contributed by atoms with Gasteiger partial charge in [-0.3, -0.25) is 0 Å². The van der Waals surface area contributed by atoms with Crippen LogP contribution < -0.4 is 0 Å². The van der Waals surface area contributed by atoms with Gasteiger partial charge in [0.15, 0.2) is 0 Å². The van der Waals surface area contributed by atoms with Crippen molar-refractivity contribution in [2.75, 3.05) is 0 Å². The molecule has 0 heterocycles. The Morgan fingerprint density at radius 2 is 2.09 bits per heavy atom. The number of hydrogen-bond acceptors (Lipinski definition) is 2. The molecule has 0 N–H and O–H groups in total. The van der Waals surface area contributed by atoms with Crippen molar-refractivity contribution < 1.29 is 34.0 Å². The van der Waals surface area contributed by atoms with Crippen LogP contribution in [-0.4, -0.2) is 5.97 Å². The Balaban J connectivity index is 3.03. The number of carbonyl (C=O) groups is 1. The summed E-state index contributed by atoms with van der Waals surface area (Å²) >= 11 is 0.0849. The first kappa shape index (κ1) is 8.72. The van der Waals surface area contributed by atoms with Crippen LogP contribution >= 0.6 is 0 Å². The zero-order valence-electron chi connectivity index (χ0n) is 6.33. The number of aryl methyl sites for hydroxylation is 1. The van der Waals surface area contributed by atoms with Crippen LogP contribution in [0.3, 0.4) is 0 Å². The van der Waals surface area contributed by atoms with E-state index in [1.807, 2.05) is 25.1 Å². The fourth-order valence-corrected chi connectivity index (χ4v) is 1.48. The van der Waals surface area contributed by atoms with Gasteiger partial charge >= 0.3 is 82.3 Å². The van der Waals surface area contributed by atoms with Gasteiger partial charge in [0.05, 0.1) is 0 Å². The average Bonchev–Trinajstić information content (AvgIpc) is 2.04. The Bertz CT molecular complexity index is 271. The van der Waals surface area contributed by atoms with Gasteiger partial charge in [-0.1, -0.05) is 0 Å². The second kappa shape index (κ2) is 3.86. The summed E-state index contributed by atoms with van der Waals surface area (Å²) in [6, 6.07) is 7.43. The van der Waals surface area contributed by atoms with Crippen LogP contribution in [0.5, 0.6) is 0 Å². The molecule has 3 heteroatoms. The Morgan fingerprint density at radius 3 is 2.64 bits per heavy atom. The van der Waals surface area contributed by atoms with Gasteiger partial charge in [0.1, 0.15) is 0 Å². The molecule has 0 bridgehead atoms. The van der Waals surface area contributed by atoms with Crippen LogP contribution in [0.15, 0.2) is 24.3 Å². The molecular weight excluding hydrogens is 329 g/mol. The molecule has 0 aliphatic heterocycles. The van der Waals surface area contributed by atoms with Crippen molar-refractivity contribution in [1.82, 2.24) is 0 Å². The third-order valence-corrected chi connectivity index (χ3v) is 2.52. The van der Waals surface area contributed by atoms with E-state index in [0.717, 1.165) is 5.56 Å². The van der Waals surface area contributed by atoms with Crippen molar-refractivity contribution in [2.24, 2.45) is 0 Å². The van der Waals surface area contributed by atoms with Gasteiger partial charge in [0, 0.05) is 0 Å². The fraction of sp³-hybridized carbons (Fsp3) is 0.125. The van der Waals surface area contributed by atoms with Crippen LogP contribution in [0.2, 0.25) is 0 Å². The van der Waals surface area contributed by atoms with Gasteiger partial charge in [-0.15, -0.1) is 0 Å². The first-order valence-corrected chi connectivity index (χ1v) is 5.52. The van der Waals surface area contributed by atoms with Gasteiger partial charge < -0.3 is 0 Å². The number of carbonyl (C=O) groups excluding carboxylic acids is 1. The van der Waals surface area contributed by atoms with E-state index in [1.54, 1.807) is 6.07 Å². The van der Waals surface area contributed by atoms with Gasteiger partial charge in [-0.25, -0.2) is 0 Å². The van der Waals surface area contributed by atoms with E-state index in [4.69, 9.17) is 2.64 Å². The Labute approximate surface area is 82.2 Å². The second-order valence-electron chi connectivity index (χ2n) is 2.25. The summed E-state index contributed by atoms with van der Waals surface area (Å²) in [5.74, 6) is -0.188. The molecule has 0 atom stereocenters. The molecule has 11 heavy (non-hydrogen) atoms. The van der Waals surface area contributed by atoms with Crippen LogP contribution in [0.4, 0.5) is 0 Å². The monoisotopic (exact) mass is 337 g/mol. The maximum absolute atomic E-state index is 11.1. The summed E-state index contributed by atoms with van der Waals surface area (Å²) in [6.07, 6.45) is 0. The van der Waals surface area contributed by atoms with Crippen LogP contribution in [0.25, 0.3) is 0 Å². The van der Waals surface area contributed by atoms with Crippen molar-refractivity contribution in [3.05, 3.63) is 35.4 Å². The van der Waals surface area contributed by atoms with Gasteiger partial charge in [-0.05, 0) is 0 Å². The van der Waals surface area contributed by atoms with Gasteiger partial charge in [0.25, 0.3) is 0 Å². The maximum atomic E-state index is 11.1. The summed E-state index contributed by atoms with van der Waals surface area (Å²) in [5.41, 5.74) is 1.66. The summed E-state index contributed by atoms with van der Waals surface area (Å²) in [5, 5.41) is 0. The standard InChI is InChI=1S/C8H8O2.Hg/c1-6-4-2-3-5-7(6)8(9)10;/h2-5H,1H3,(H,9,10);/q;+1/p-1. The van der Waals surface area contributed by atoms with Crippen LogP contribution in [0.1, 0.15) is 15.9 Å². The molecule has 0 aromatic heterocycles. The predicted molar refractivity (Wildman–Crippen MR) is 36.6 cm³/mol. The molecule has 0 spiro atoms. The summed E-state index contributed by atoms with van der Waals surface area (Å²) in [6.45, 7) is 1.90. The summed E-state index contributed by atoms with van der Waals surface area (Å²) in [4.78, 5) is 11.1. The molecule has 0 radical (unpaired) electrons. The number of benzene rings is 1. The van der Waals surface area contributed by atoms with Gasteiger partial charge in [0.2, 0.25) is 0 Å². The van der Waals surface area contributed by atoms with E-state index in [-0.39, 0.29) is 32.5 Å². The fourth-order valence-electron chi connectivity index (χ4n) is 0.880. The normalized spacial score (nSPS) is 9.36. The zero-order valence-corrected chi connectivity index (χ0v) is 11.8. The number of hydrogen-bond donors (Lipinski definition) is 0. The van der Waals surface area contributed by atoms with E-state index in [1.165, 1.54) is 0 Å². The van der Waals surface area contributed by atoms with E-state index >= 15 is 0 Å². The summed E-state index contributed by atoms with van der Waals surface area (Å²) < 4.78 is 4.77. The van der Waals surface area contributed by atoms with E-state index in [2.05, 4.69) is 0 Å². The molecule has 0 unspecified atom stereocenters. The van der Waals surface area contributed by atoms with Crippen molar-refractivity contribution in [3.8, 4) is 0 Å². The zero-order chi connectivity index (χ0) is 8.27. The predicted octanol–water partition coefficient (Wildman–Crippen LogP) is 1.61. The SMILES string of the molecule is Cc1ccccc1C(=O)[O][Hg]. The molecule has 2 nitrogen and oxygen atoms in total. The van der Waals surface area contributed by atoms with Crippen LogP contribution in [0, 0.1) is 6.92 Å². The first-order valence-electron chi connectivity index (χ1n) is 3.27. The molecule has 0 aliphatic carbocycles. The Hall–Kier alpha value is -0.375. The number of rotatable bonds is 1. The molecule has 0 saturated carbocycles. The molecule has 0 fully saturated rings. The second-order valence-corrected chi connectivity index (χ2v) is 3.37. The third kappa shape index (κ3) is 2.02. The average molecular weight is 336 g/mol. The molecule has 1 rings (SSSR count). The van der Waals surface area contributed by atoms with Crippen molar-refractivity contribution in [2.45, 2.75) is 6.92 Å². The van der Waals surface area contributed by atoms with Crippen molar-refractivity contribution >= 4 is 5.97 Å². The summed E-state index contributed by atoms with van der Waals surface area (Å²) in [7, 11) is 0. The van der Waals surface area contributed by atoms with E-state index in [0.29, 0.717) is 5.56 Å². The molecular formula is C8H7HgO2. The Kier molecular flexibility index (Phi) is 3.06. The molecule has 53 valence electrons. The third-order valence-electron chi connectivity index (χ3n) is 1.50. The van der Waals surface area contributed by atoms with Crippen molar-refractivity contribution in [3.63, 3.8) is 0 Å². The minimum atomic E-state index is -0.188. The van der Waals surface area contributed by atoms with Crippen LogP contribution in [-0.2, 0) is 29.2 Å². The van der Waals surface area contributed by atoms with Gasteiger partial charge in [-0.2, -0.15) is 0 Å². The molecule has 0 saturated heterocycles. The molecule has 1 aromatic carbocycles. The van der Waals surface area contributed by atoms with E-state index in [9.17, 15) is 4.79 Å².